The lowest BCUT2D eigenvalue weighted by Gasteiger charge is -1.99. The van der Waals surface area contributed by atoms with Crippen molar-refractivity contribution in [2.45, 2.75) is 0 Å². The van der Waals surface area contributed by atoms with Gasteiger partial charge in [0, 0.05) is 11.3 Å². The average Bonchev–Trinajstić information content (AvgIpc) is 2.15. The fraction of sp³-hybridized carbons (Fsp3) is 0.100. The topological polar surface area (TPSA) is 23.9 Å². The molecule has 0 bridgehead atoms. The molecule has 0 aromatic heterocycles. The average molecular weight is 258 g/mol. The van der Waals surface area contributed by atoms with Crippen LogP contribution in [0.15, 0.2) is 43.0 Å². The van der Waals surface area contributed by atoms with Crippen molar-refractivity contribution in [2.75, 3.05) is 5.75 Å². The standard InChI is InChI=1S/C10H11NS.BrH/c1-2-8-12-10(11)9-6-4-3-5-7-9;/h2-7,11H,1,8H2;1H. The van der Waals surface area contributed by atoms with Crippen LogP contribution in [0.25, 0.3) is 0 Å². The Balaban J connectivity index is 0.00000144. The summed E-state index contributed by atoms with van der Waals surface area (Å²) in [6, 6.07) is 9.72. The van der Waals surface area contributed by atoms with Crippen LogP contribution in [0.4, 0.5) is 0 Å². The maximum Gasteiger partial charge on any atom is 0.0945 e. The highest BCUT2D eigenvalue weighted by molar-refractivity contribution is 8.93. The molecule has 0 saturated carbocycles. The molecule has 0 heterocycles. The molecular formula is C10H12BrNS. The lowest BCUT2D eigenvalue weighted by molar-refractivity contribution is 1.52. The molecule has 1 aromatic rings. The quantitative estimate of drug-likeness (QED) is 0.500. The number of rotatable bonds is 3. The number of thioether (sulfide) groups is 1. The van der Waals surface area contributed by atoms with E-state index in [0.29, 0.717) is 5.04 Å². The molecule has 0 aliphatic heterocycles. The predicted octanol–water partition coefficient (Wildman–Crippen LogP) is 3.51. The molecule has 0 atom stereocenters. The molecule has 0 amide bonds. The minimum absolute atomic E-state index is 0. The van der Waals surface area contributed by atoms with Crippen molar-refractivity contribution in [3.05, 3.63) is 48.6 Å². The molecule has 0 radical (unpaired) electrons. The summed E-state index contributed by atoms with van der Waals surface area (Å²) in [4.78, 5) is 0. The number of halogens is 1. The first-order chi connectivity index (χ1) is 5.84. The van der Waals surface area contributed by atoms with Gasteiger partial charge in [0.2, 0.25) is 0 Å². The first kappa shape index (κ1) is 12.5. The summed E-state index contributed by atoms with van der Waals surface area (Å²) in [5.74, 6) is 0.799. The molecule has 0 aliphatic carbocycles. The maximum atomic E-state index is 7.65. The van der Waals surface area contributed by atoms with Gasteiger partial charge >= 0.3 is 0 Å². The summed E-state index contributed by atoms with van der Waals surface area (Å²) in [5, 5.41) is 8.26. The van der Waals surface area contributed by atoms with Gasteiger partial charge in [-0.3, -0.25) is 5.41 Å². The highest BCUT2D eigenvalue weighted by Crippen LogP contribution is 2.11. The van der Waals surface area contributed by atoms with Crippen LogP contribution in [0.5, 0.6) is 0 Å². The van der Waals surface area contributed by atoms with Crippen molar-refractivity contribution in [3.8, 4) is 0 Å². The Kier molecular flexibility index (Phi) is 6.63. The van der Waals surface area contributed by atoms with E-state index in [4.69, 9.17) is 5.41 Å². The molecule has 1 aromatic carbocycles. The Morgan fingerprint density at radius 2 is 2.00 bits per heavy atom. The molecule has 3 heteroatoms. The SMILES string of the molecule is Br.C=CCSC(=N)c1ccccc1. The Bertz CT molecular complexity index is 272. The molecule has 0 spiro atoms. The van der Waals surface area contributed by atoms with Crippen LogP contribution in [0.1, 0.15) is 5.56 Å². The summed E-state index contributed by atoms with van der Waals surface area (Å²) in [7, 11) is 0. The van der Waals surface area contributed by atoms with Gasteiger partial charge in [0.1, 0.15) is 0 Å². The van der Waals surface area contributed by atoms with E-state index >= 15 is 0 Å². The summed E-state index contributed by atoms with van der Waals surface area (Å²) in [5.41, 5.74) is 0.976. The molecule has 0 fully saturated rings. The van der Waals surface area contributed by atoms with Crippen LogP contribution in [0.3, 0.4) is 0 Å². The lowest BCUT2D eigenvalue weighted by atomic mass is 10.2. The van der Waals surface area contributed by atoms with Gasteiger partial charge < -0.3 is 0 Å². The third-order valence-corrected chi connectivity index (χ3v) is 2.31. The third-order valence-electron chi connectivity index (χ3n) is 1.38. The summed E-state index contributed by atoms with van der Waals surface area (Å²) in [6.07, 6.45) is 1.81. The van der Waals surface area contributed by atoms with Gasteiger partial charge in [-0.25, -0.2) is 0 Å². The van der Waals surface area contributed by atoms with E-state index in [1.807, 2.05) is 36.4 Å². The van der Waals surface area contributed by atoms with Crippen molar-refractivity contribution >= 4 is 33.8 Å². The van der Waals surface area contributed by atoms with Crippen LogP contribution < -0.4 is 0 Å². The second-order valence-electron chi connectivity index (χ2n) is 2.29. The number of hydrogen-bond acceptors (Lipinski definition) is 2. The highest BCUT2D eigenvalue weighted by atomic mass is 79.9. The van der Waals surface area contributed by atoms with Crippen LogP contribution in [-0.2, 0) is 0 Å². The first-order valence-electron chi connectivity index (χ1n) is 3.72. The number of nitrogens with one attached hydrogen (secondary N) is 1. The monoisotopic (exact) mass is 257 g/mol. The molecule has 0 saturated heterocycles. The van der Waals surface area contributed by atoms with Gasteiger partial charge in [-0.15, -0.1) is 35.3 Å². The fourth-order valence-corrected chi connectivity index (χ4v) is 1.40. The van der Waals surface area contributed by atoms with E-state index in [0.717, 1.165) is 11.3 Å². The van der Waals surface area contributed by atoms with Crippen molar-refractivity contribution in [1.82, 2.24) is 0 Å². The number of hydrogen-bond donors (Lipinski definition) is 1. The predicted molar refractivity (Wildman–Crippen MR) is 66.2 cm³/mol. The normalized spacial score (nSPS) is 8.62. The Labute approximate surface area is 93.5 Å². The van der Waals surface area contributed by atoms with E-state index in [9.17, 15) is 0 Å². The van der Waals surface area contributed by atoms with Gasteiger partial charge in [0.05, 0.1) is 5.04 Å². The Morgan fingerprint density at radius 3 is 2.54 bits per heavy atom. The first-order valence-corrected chi connectivity index (χ1v) is 4.71. The van der Waals surface area contributed by atoms with Gasteiger partial charge in [0.15, 0.2) is 0 Å². The van der Waals surface area contributed by atoms with Crippen LogP contribution in [0.2, 0.25) is 0 Å². The fourth-order valence-electron chi connectivity index (χ4n) is 0.815. The second-order valence-corrected chi connectivity index (χ2v) is 3.33. The van der Waals surface area contributed by atoms with Crippen LogP contribution >= 0.6 is 28.7 Å². The smallest absolute Gasteiger partial charge is 0.0945 e. The Hall–Kier alpha value is -0.540. The molecular weight excluding hydrogens is 246 g/mol. The van der Waals surface area contributed by atoms with Crippen LogP contribution in [0, 0.1) is 5.41 Å². The Morgan fingerprint density at radius 1 is 1.38 bits per heavy atom. The zero-order valence-corrected chi connectivity index (χ0v) is 9.72. The lowest BCUT2D eigenvalue weighted by Crippen LogP contribution is -1.92. The van der Waals surface area contributed by atoms with Crippen molar-refractivity contribution in [1.29, 1.82) is 5.41 Å². The summed E-state index contributed by atoms with van der Waals surface area (Å²) in [6.45, 7) is 3.61. The molecule has 1 nitrogen and oxygen atoms in total. The maximum absolute atomic E-state index is 7.65. The molecule has 70 valence electrons. The van der Waals surface area contributed by atoms with E-state index in [1.165, 1.54) is 11.8 Å². The summed E-state index contributed by atoms with van der Waals surface area (Å²) >= 11 is 1.49. The second kappa shape index (κ2) is 6.92. The zero-order valence-electron chi connectivity index (χ0n) is 7.19. The van der Waals surface area contributed by atoms with Crippen LogP contribution in [-0.4, -0.2) is 10.8 Å². The molecule has 1 N–H and O–H groups in total. The van der Waals surface area contributed by atoms with Gasteiger partial charge in [-0.1, -0.05) is 36.4 Å². The van der Waals surface area contributed by atoms with Crippen molar-refractivity contribution in [3.63, 3.8) is 0 Å². The third kappa shape index (κ3) is 4.29. The molecule has 13 heavy (non-hydrogen) atoms. The largest absolute Gasteiger partial charge is 0.293 e. The van der Waals surface area contributed by atoms with Gasteiger partial charge in [0.25, 0.3) is 0 Å². The van der Waals surface area contributed by atoms with E-state index in [-0.39, 0.29) is 17.0 Å². The van der Waals surface area contributed by atoms with E-state index in [2.05, 4.69) is 6.58 Å². The van der Waals surface area contributed by atoms with Crippen molar-refractivity contribution < 1.29 is 0 Å². The van der Waals surface area contributed by atoms with E-state index in [1.54, 1.807) is 0 Å². The molecule has 0 unspecified atom stereocenters. The molecule has 0 aliphatic rings. The van der Waals surface area contributed by atoms with Gasteiger partial charge in [-0.2, -0.15) is 0 Å². The van der Waals surface area contributed by atoms with Crippen molar-refractivity contribution in [2.24, 2.45) is 0 Å². The molecule has 1 rings (SSSR count). The zero-order chi connectivity index (χ0) is 8.81. The van der Waals surface area contributed by atoms with E-state index < -0.39 is 0 Å². The minimum atomic E-state index is 0. The highest BCUT2D eigenvalue weighted by Gasteiger charge is 1.97. The number of benzene rings is 1. The minimum Gasteiger partial charge on any atom is -0.293 e. The van der Waals surface area contributed by atoms with Gasteiger partial charge in [-0.05, 0) is 0 Å². The summed E-state index contributed by atoms with van der Waals surface area (Å²) < 4.78 is 0.